The highest BCUT2D eigenvalue weighted by Gasteiger charge is 2.45. The summed E-state index contributed by atoms with van der Waals surface area (Å²) in [6.45, 7) is 0. The molecule has 5 heteroatoms. The Hall–Kier alpha value is -3.73. The molecule has 1 N–H and O–H groups in total. The Kier molecular flexibility index (Phi) is 4.83. The third-order valence-corrected chi connectivity index (χ3v) is 6.92. The van der Waals surface area contributed by atoms with Gasteiger partial charge in [0.2, 0.25) is 5.91 Å². The van der Waals surface area contributed by atoms with Crippen LogP contribution < -0.4 is 10.2 Å². The number of hydrogen-bond donors (Lipinski definition) is 1. The number of rotatable bonds is 3. The van der Waals surface area contributed by atoms with Crippen molar-refractivity contribution in [3.8, 4) is 0 Å². The van der Waals surface area contributed by atoms with Crippen molar-refractivity contribution in [3.05, 3.63) is 102 Å². The van der Waals surface area contributed by atoms with E-state index in [1.165, 1.54) is 5.56 Å². The fourth-order valence-electron chi connectivity index (χ4n) is 5.17. The van der Waals surface area contributed by atoms with Crippen molar-refractivity contribution < 1.29 is 9.59 Å². The Morgan fingerprint density at radius 1 is 0.909 bits per heavy atom. The normalized spacial score (nSPS) is 22.2. The third kappa shape index (κ3) is 3.54. The number of nitrogens with zero attached hydrogens (tertiary/aromatic N) is 2. The van der Waals surface area contributed by atoms with Crippen LogP contribution in [0.1, 0.15) is 48.8 Å². The second kappa shape index (κ2) is 8.00. The van der Waals surface area contributed by atoms with Gasteiger partial charge in [-0.2, -0.15) is 0 Å². The molecule has 0 radical (unpaired) electrons. The summed E-state index contributed by atoms with van der Waals surface area (Å²) < 4.78 is 0. The maximum absolute atomic E-state index is 13.8. The van der Waals surface area contributed by atoms with Crippen molar-refractivity contribution in [1.82, 2.24) is 4.98 Å². The van der Waals surface area contributed by atoms with Crippen molar-refractivity contribution in [2.24, 2.45) is 5.92 Å². The summed E-state index contributed by atoms with van der Waals surface area (Å²) in [4.78, 5) is 33.7. The van der Waals surface area contributed by atoms with E-state index in [0.29, 0.717) is 12.0 Å². The number of fused-ring (bicyclic) bond motifs is 1. The minimum Gasteiger partial charge on any atom is -0.357 e. The van der Waals surface area contributed by atoms with Gasteiger partial charge in [0.25, 0.3) is 0 Å². The average molecular weight is 436 g/mol. The molecule has 5 nitrogen and oxygen atoms in total. The molecule has 3 aliphatic rings. The fourth-order valence-corrected chi connectivity index (χ4v) is 5.17. The summed E-state index contributed by atoms with van der Waals surface area (Å²) in [6, 6.07) is 21.5. The lowest BCUT2D eigenvalue weighted by molar-refractivity contribution is -0.120. The molecule has 1 aliphatic heterocycles. The largest absolute Gasteiger partial charge is 0.357 e. The summed E-state index contributed by atoms with van der Waals surface area (Å²) in [5, 5.41) is 3.58. The van der Waals surface area contributed by atoms with E-state index in [9.17, 15) is 9.59 Å². The first-order valence-corrected chi connectivity index (χ1v) is 11.6. The number of nitrogens with one attached hydrogen (secondary N) is 1. The second-order valence-electron chi connectivity index (χ2n) is 9.14. The van der Waals surface area contributed by atoms with E-state index in [-0.39, 0.29) is 23.5 Å². The van der Waals surface area contributed by atoms with Gasteiger partial charge in [-0.15, -0.1) is 0 Å². The van der Waals surface area contributed by atoms with Crippen LogP contribution in [0.2, 0.25) is 0 Å². The van der Waals surface area contributed by atoms with E-state index in [1.54, 1.807) is 12.4 Å². The zero-order valence-electron chi connectivity index (χ0n) is 18.3. The lowest BCUT2D eigenvalue weighted by Crippen LogP contribution is -2.39. The van der Waals surface area contributed by atoms with Gasteiger partial charge >= 0.3 is 0 Å². The molecule has 164 valence electrons. The van der Waals surface area contributed by atoms with E-state index in [2.05, 4.69) is 22.4 Å². The van der Waals surface area contributed by atoms with Gasteiger partial charge in [0.15, 0.2) is 5.78 Å². The second-order valence-corrected chi connectivity index (χ2v) is 9.14. The highest BCUT2D eigenvalue weighted by Crippen LogP contribution is 2.49. The van der Waals surface area contributed by atoms with E-state index in [4.69, 9.17) is 0 Å². The zero-order valence-corrected chi connectivity index (χ0v) is 18.3. The van der Waals surface area contributed by atoms with E-state index in [1.807, 2.05) is 59.5 Å². The van der Waals surface area contributed by atoms with E-state index in [0.717, 1.165) is 41.9 Å². The van der Waals surface area contributed by atoms with Crippen LogP contribution in [0, 0.1) is 5.92 Å². The highest BCUT2D eigenvalue weighted by molar-refractivity contribution is 6.07. The van der Waals surface area contributed by atoms with Gasteiger partial charge < -0.3 is 5.32 Å². The minimum atomic E-state index is -0.484. The maximum Gasteiger partial charge on any atom is 0.231 e. The molecule has 2 aliphatic carbocycles. The number of ketones is 1. The van der Waals surface area contributed by atoms with Crippen LogP contribution in [0.15, 0.2) is 90.4 Å². The molecule has 1 saturated carbocycles. The van der Waals surface area contributed by atoms with Crippen LogP contribution >= 0.6 is 0 Å². The Labute approximate surface area is 193 Å². The van der Waals surface area contributed by atoms with Gasteiger partial charge in [-0.25, -0.2) is 0 Å². The molecule has 0 unspecified atom stereocenters. The standard InChI is InChI=1S/C28H25N3O2/c32-25-16-21(18-7-2-1-3-8-18)15-23-26(25)27(20-9-6-14-29-17-20)31(28(33)19-12-13-19)24-11-5-4-10-22(24)30-23/h1-11,14,17,19,21,27,30H,12-13,15-16H2/t21-,27-/m0/s1. The van der Waals surface area contributed by atoms with Crippen LogP contribution in [0.3, 0.4) is 0 Å². The van der Waals surface area contributed by atoms with Crippen LogP contribution in [0.5, 0.6) is 0 Å². The molecule has 0 saturated heterocycles. The predicted octanol–water partition coefficient (Wildman–Crippen LogP) is 5.39. The number of Topliss-reactive ketones (excluding diaryl/α,β-unsaturated/α-hetero) is 1. The first kappa shape index (κ1) is 19.9. The molecule has 6 rings (SSSR count). The van der Waals surface area contributed by atoms with Gasteiger partial charge in [0.1, 0.15) is 0 Å². The number of amides is 1. The first-order valence-electron chi connectivity index (χ1n) is 11.6. The summed E-state index contributed by atoms with van der Waals surface area (Å²) in [6.07, 6.45) is 6.47. The Morgan fingerprint density at radius 3 is 2.42 bits per heavy atom. The third-order valence-electron chi connectivity index (χ3n) is 6.92. The van der Waals surface area contributed by atoms with Crippen LogP contribution in [-0.2, 0) is 9.59 Å². The number of hydrogen-bond acceptors (Lipinski definition) is 4. The van der Waals surface area contributed by atoms with Gasteiger partial charge in [-0.05, 0) is 54.5 Å². The fraction of sp³-hybridized carbons (Fsp3) is 0.250. The maximum atomic E-state index is 13.8. The average Bonchev–Trinajstić information content (AvgIpc) is 3.71. The van der Waals surface area contributed by atoms with Gasteiger partial charge in [-0.3, -0.25) is 19.5 Å². The molecular formula is C28H25N3O2. The number of carbonyl (C=O) groups is 2. The molecule has 2 aromatic carbocycles. The van der Waals surface area contributed by atoms with E-state index < -0.39 is 6.04 Å². The molecule has 33 heavy (non-hydrogen) atoms. The zero-order chi connectivity index (χ0) is 22.4. The predicted molar refractivity (Wildman–Crippen MR) is 128 cm³/mol. The quantitative estimate of drug-likeness (QED) is 0.599. The highest BCUT2D eigenvalue weighted by atomic mass is 16.2. The summed E-state index contributed by atoms with van der Waals surface area (Å²) in [5.41, 5.74) is 5.33. The molecule has 2 atom stereocenters. The number of para-hydroxylation sites is 2. The van der Waals surface area contributed by atoms with Gasteiger partial charge in [0, 0.05) is 36.0 Å². The minimum absolute atomic E-state index is 0.0233. The number of benzene rings is 2. The number of carbonyl (C=O) groups excluding carboxylic acids is 2. The van der Waals surface area contributed by atoms with Crippen LogP contribution in [-0.4, -0.2) is 16.7 Å². The monoisotopic (exact) mass is 435 g/mol. The first-order chi connectivity index (χ1) is 16.2. The number of anilines is 2. The molecular weight excluding hydrogens is 410 g/mol. The lowest BCUT2D eigenvalue weighted by Gasteiger charge is -2.35. The summed E-state index contributed by atoms with van der Waals surface area (Å²) in [7, 11) is 0. The van der Waals surface area contributed by atoms with Crippen LogP contribution in [0.25, 0.3) is 0 Å². The molecule has 1 fully saturated rings. The molecule has 2 heterocycles. The van der Waals surface area contributed by atoms with Crippen molar-refractivity contribution in [1.29, 1.82) is 0 Å². The van der Waals surface area contributed by atoms with Crippen molar-refractivity contribution in [2.75, 3.05) is 10.2 Å². The van der Waals surface area contributed by atoms with Crippen LogP contribution in [0.4, 0.5) is 11.4 Å². The Balaban J connectivity index is 1.54. The lowest BCUT2D eigenvalue weighted by atomic mass is 9.78. The molecule has 0 spiro atoms. The summed E-state index contributed by atoms with van der Waals surface area (Å²) in [5.74, 6) is 0.310. The topological polar surface area (TPSA) is 62.3 Å². The number of allylic oxidation sites excluding steroid dienone is 1. The van der Waals surface area contributed by atoms with Crippen molar-refractivity contribution in [3.63, 3.8) is 0 Å². The summed E-state index contributed by atoms with van der Waals surface area (Å²) >= 11 is 0. The Morgan fingerprint density at radius 2 is 1.67 bits per heavy atom. The molecule has 1 amide bonds. The molecule has 1 aromatic heterocycles. The number of aromatic nitrogens is 1. The molecule has 3 aromatic rings. The van der Waals surface area contributed by atoms with Gasteiger partial charge in [-0.1, -0.05) is 48.5 Å². The Bertz CT molecular complexity index is 1250. The van der Waals surface area contributed by atoms with Crippen molar-refractivity contribution in [2.45, 2.75) is 37.6 Å². The van der Waals surface area contributed by atoms with Crippen molar-refractivity contribution >= 4 is 23.1 Å². The smallest absolute Gasteiger partial charge is 0.231 e. The van der Waals surface area contributed by atoms with E-state index >= 15 is 0 Å². The number of pyridine rings is 1. The van der Waals surface area contributed by atoms with Gasteiger partial charge in [0.05, 0.1) is 17.4 Å². The molecule has 0 bridgehead atoms. The SMILES string of the molecule is O=C1C[C@@H](c2ccccc2)CC2=C1[C@H](c1cccnc1)N(C(=O)C1CC1)c1ccccc1N2.